The SMILES string of the molecule is CCC(NC(=O)NCc1cccc(OC)c1OC)c1ccc(OC)cc1. The zero-order valence-electron chi connectivity index (χ0n) is 15.7. The molecule has 0 spiro atoms. The van der Waals surface area contributed by atoms with E-state index in [1.165, 1.54) is 0 Å². The minimum absolute atomic E-state index is 0.0758. The minimum atomic E-state index is -0.238. The van der Waals surface area contributed by atoms with Crippen molar-refractivity contribution in [3.05, 3.63) is 53.6 Å². The standard InChI is InChI=1S/C20H26N2O4/c1-5-17(14-9-11-16(24-2)12-10-14)22-20(23)21-13-15-7-6-8-18(25-3)19(15)26-4/h6-12,17H,5,13H2,1-4H3,(H2,21,22,23). The van der Waals surface area contributed by atoms with E-state index in [-0.39, 0.29) is 12.1 Å². The molecule has 2 aromatic rings. The lowest BCUT2D eigenvalue weighted by Gasteiger charge is -2.19. The number of urea groups is 1. The third kappa shape index (κ3) is 4.81. The highest BCUT2D eigenvalue weighted by molar-refractivity contribution is 5.74. The van der Waals surface area contributed by atoms with Crippen LogP contribution >= 0.6 is 0 Å². The van der Waals surface area contributed by atoms with Crippen molar-refractivity contribution in [2.24, 2.45) is 0 Å². The van der Waals surface area contributed by atoms with Gasteiger partial charge >= 0.3 is 6.03 Å². The Morgan fingerprint density at radius 3 is 2.31 bits per heavy atom. The summed E-state index contributed by atoms with van der Waals surface area (Å²) in [4.78, 5) is 12.3. The molecule has 0 bridgehead atoms. The molecule has 26 heavy (non-hydrogen) atoms. The first-order chi connectivity index (χ1) is 12.6. The monoisotopic (exact) mass is 358 g/mol. The van der Waals surface area contributed by atoms with Crippen molar-refractivity contribution in [1.29, 1.82) is 0 Å². The smallest absolute Gasteiger partial charge is 0.315 e. The Bertz CT molecular complexity index is 716. The molecule has 2 aromatic carbocycles. The Kier molecular flexibility index (Phi) is 7.14. The van der Waals surface area contributed by atoms with Crippen LogP contribution in [0.2, 0.25) is 0 Å². The van der Waals surface area contributed by atoms with Crippen LogP contribution in [0.3, 0.4) is 0 Å². The summed E-state index contributed by atoms with van der Waals surface area (Å²) in [6.07, 6.45) is 0.780. The van der Waals surface area contributed by atoms with Crippen molar-refractivity contribution in [3.8, 4) is 17.2 Å². The molecule has 1 unspecified atom stereocenters. The lowest BCUT2D eigenvalue weighted by atomic mass is 10.0. The molecule has 0 aromatic heterocycles. The molecule has 2 amide bonds. The molecule has 6 nitrogen and oxygen atoms in total. The molecule has 0 saturated carbocycles. The Labute approximate surface area is 154 Å². The summed E-state index contributed by atoms with van der Waals surface area (Å²) in [5, 5.41) is 5.87. The second-order valence-corrected chi connectivity index (χ2v) is 5.71. The number of benzene rings is 2. The second-order valence-electron chi connectivity index (χ2n) is 5.71. The molecule has 2 N–H and O–H groups in total. The molecular formula is C20H26N2O4. The van der Waals surface area contributed by atoms with Crippen LogP contribution < -0.4 is 24.8 Å². The molecule has 0 fully saturated rings. The number of carbonyl (C=O) groups excluding carboxylic acids is 1. The molecule has 2 rings (SSSR count). The Balaban J connectivity index is 1.99. The molecule has 0 heterocycles. The number of hydrogen-bond donors (Lipinski definition) is 2. The van der Waals surface area contributed by atoms with Gasteiger partial charge in [-0.25, -0.2) is 4.79 Å². The van der Waals surface area contributed by atoms with Crippen LogP contribution in [0.5, 0.6) is 17.2 Å². The maximum Gasteiger partial charge on any atom is 0.315 e. The summed E-state index contributed by atoms with van der Waals surface area (Å²) < 4.78 is 15.8. The van der Waals surface area contributed by atoms with Gasteiger partial charge in [0.05, 0.1) is 27.4 Å². The minimum Gasteiger partial charge on any atom is -0.497 e. The molecule has 0 saturated heterocycles. The molecule has 6 heteroatoms. The van der Waals surface area contributed by atoms with E-state index in [0.29, 0.717) is 18.0 Å². The van der Waals surface area contributed by atoms with Gasteiger partial charge in [-0.2, -0.15) is 0 Å². The van der Waals surface area contributed by atoms with Gasteiger partial charge in [0.25, 0.3) is 0 Å². The molecule has 0 aliphatic heterocycles. The van der Waals surface area contributed by atoms with E-state index in [1.54, 1.807) is 21.3 Å². The Morgan fingerprint density at radius 2 is 1.73 bits per heavy atom. The fourth-order valence-corrected chi connectivity index (χ4v) is 2.74. The van der Waals surface area contributed by atoms with Gasteiger partial charge < -0.3 is 24.8 Å². The van der Waals surface area contributed by atoms with Crippen molar-refractivity contribution in [1.82, 2.24) is 10.6 Å². The van der Waals surface area contributed by atoms with Crippen LogP contribution in [0.25, 0.3) is 0 Å². The van der Waals surface area contributed by atoms with E-state index in [9.17, 15) is 4.79 Å². The Hall–Kier alpha value is -2.89. The van der Waals surface area contributed by atoms with Crippen molar-refractivity contribution in [2.45, 2.75) is 25.9 Å². The number of nitrogens with one attached hydrogen (secondary N) is 2. The number of ether oxygens (including phenoxy) is 3. The normalized spacial score (nSPS) is 11.4. The van der Waals surface area contributed by atoms with Crippen molar-refractivity contribution < 1.29 is 19.0 Å². The summed E-state index contributed by atoms with van der Waals surface area (Å²) in [6, 6.07) is 12.9. The van der Waals surface area contributed by atoms with Crippen LogP contribution in [-0.4, -0.2) is 27.4 Å². The molecule has 0 aliphatic carbocycles. The van der Waals surface area contributed by atoms with E-state index in [2.05, 4.69) is 10.6 Å². The van der Waals surface area contributed by atoms with Gasteiger partial charge in [0.2, 0.25) is 0 Å². The van der Waals surface area contributed by atoms with Gasteiger partial charge in [0.15, 0.2) is 11.5 Å². The third-order valence-corrected chi connectivity index (χ3v) is 4.16. The van der Waals surface area contributed by atoms with E-state index >= 15 is 0 Å². The molecular weight excluding hydrogens is 332 g/mol. The number of rotatable bonds is 8. The quantitative estimate of drug-likeness (QED) is 0.756. The van der Waals surface area contributed by atoms with Gasteiger partial charge in [0.1, 0.15) is 5.75 Å². The van der Waals surface area contributed by atoms with Gasteiger partial charge in [-0.3, -0.25) is 0 Å². The van der Waals surface area contributed by atoms with Crippen LogP contribution in [0.4, 0.5) is 4.79 Å². The molecule has 1 atom stereocenters. The average Bonchev–Trinajstić information content (AvgIpc) is 2.70. The van der Waals surface area contributed by atoms with Crippen LogP contribution in [-0.2, 0) is 6.54 Å². The van der Waals surface area contributed by atoms with Crippen molar-refractivity contribution >= 4 is 6.03 Å². The van der Waals surface area contributed by atoms with Crippen LogP contribution in [0, 0.1) is 0 Å². The van der Waals surface area contributed by atoms with Gasteiger partial charge in [-0.05, 0) is 30.2 Å². The summed E-state index contributed by atoms with van der Waals surface area (Å²) in [7, 11) is 4.80. The number of para-hydroxylation sites is 1. The van der Waals surface area contributed by atoms with E-state index in [0.717, 1.165) is 23.3 Å². The van der Waals surface area contributed by atoms with E-state index < -0.39 is 0 Å². The number of carbonyl (C=O) groups is 1. The number of amides is 2. The highest BCUT2D eigenvalue weighted by Gasteiger charge is 2.14. The second kappa shape index (κ2) is 9.56. The first-order valence-electron chi connectivity index (χ1n) is 8.51. The van der Waals surface area contributed by atoms with E-state index in [4.69, 9.17) is 14.2 Å². The lowest BCUT2D eigenvalue weighted by Crippen LogP contribution is -2.37. The summed E-state index contributed by atoms with van der Waals surface area (Å²) >= 11 is 0. The largest absolute Gasteiger partial charge is 0.497 e. The van der Waals surface area contributed by atoms with Gasteiger partial charge in [-0.1, -0.05) is 31.2 Å². The number of methoxy groups -OCH3 is 3. The van der Waals surface area contributed by atoms with Gasteiger partial charge in [-0.15, -0.1) is 0 Å². The summed E-state index contributed by atoms with van der Waals surface area (Å²) in [5.41, 5.74) is 1.88. The summed E-state index contributed by atoms with van der Waals surface area (Å²) in [6.45, 7) is 2.37. The fourth-order valence-electron chi connectivity index (χ4n) is 2.74. The highest BCUT2D eigenvalue weighted by Crippen LogP contribution is 2.30. The van der Waals surface area contributed by atoms with Crippen molar-refractivity contribution in [3.63, 3.8) is 0 Å². The first kappa shape index (κ1) is 19.4. The molecule has 0 aliphatic rings. The first-order valence-corrected chi connectivity index (χ1v) is 8.51. The molecule has 140 valence electrons. The maximum atomic E-state index is 12.3. The third-order valence-electron chi connectivity index (χ3n) is 4.16. The van der Waals surface area contributed by atoms with Crippen molar-refractivity contribution in [2.75, 3.05) is 21.3 Å². The zero-order valence-corrected chi connectivity index (χ0v) is 15.7. The predicted molar refractivity (Wildman–Crippen MR) is 101 cm³/mol. The number of hydrogen-bond acceptors (Lipinski definition) is 4. The average molecular weight is 358 g/mol. The van der Waals surface area contributed by atoms with E-state index in [1.807, 2.05) is 49.4 Å². The highest BCUT2D eigenvalue weighted by atomic mass is 16.5. The maximum absolute atomic E-state index is 12.3. The lowest BCUT2D eigenvalue weighted by molar-refractivity contribution is 0.236. The fraction of sp³-hybridized carbons (Fsp3) is 0.350. The van der Waals surface area contributed by atoms with Crippen LogP contribution in [0.15, 0.2) is 42.5 Å². The van der Waals surface area contributed by atoms with Crippen LogP contribution in [0.1, 0.15) is 30.5 Å². The Morgan fingerprint density at radius 1 is 1.00 bits per heavy atom. The predicted octanol–water partition coefficient (Wildman–Crippen LogP) is 3.66. The summed E-state index contributed by atoms with van der Waals surface area (Å²) in [5.74, 6) is 2.05. The molecule has 0 radical (unpaired) electrons. The van der Waals surface area contributed by atoms with Gasteiger partial charge in [0, 0.05) is 12.1 Å². The zero-order chi connectivity index (χ0) is 18.9. The topological polar surface area (TPSA) is 68.8 Å².